The third kappa shape index (κ3) is 5.32. The molecular formula is C13H20N4O4S. The van der Waals surface area contributed by atoms with Gasteiger partial charge in [-0.2, -0.15) is 0 Å². The van der Waals surface area contributed by atoms with Gasteiger partial charge in [0.15, 0.2) is 0 Å². The topological polar surface area (TPSA) is 126 Å². The molecule has 1 atom stereocenters. The summed E-state index contributed by atoms with van der Waals surface area (Å²) in [6.07, 6.45) is -0.455. The molecule has 1 rings (SSSR count). The zero-order valence-electron chi connectivity index (χ0n) is 12.7. The number of aromatic nitrogens is 1. The maximum Gasteiger partial charge on any atom is 0.326 e. The molecule has 0 unspecified atom stereocenters. The number of nitrogens with zero attached hydrogens (tertiary/aromatic N) is 2. The number of carbonyl (C=O) groups excluding carboxylic acids is 2. The van der Waals surface area contributed by atoms with E-state index in [0.717, 1.165) is 10.7 Å². The Morgan fingerprint density at radius 1 is 1.45 bits per heavy atom. The maximum absolute atomic E-state index is 12.0. The summed E-state index contributed by atoms with van der Waals surface area (Å²) in [6.45, 7) is 4.30. The van der Waals surface area contributed by atoms with Crippen molar-refractivity contribution >= 4 is 29.2 Å². The third-order valence-corrected chi connectivity index (χ3v) is 4.00. The minimum absolute atomic E-state index is 0.248. The predicted molar refractivity (Wildman–Crippen MR) is 81.4 cm³/mol. The molecule has 0 radical (unpaired) electrons. The first-order chi connectivity index (χ1) is 10.2. The molecule has 0 aliphatic heterocycles. The van der Waals surface area contributed by atoms with Gasteiger partial charge in [-0.05, 0) is 0 Å². The second-order valence-corrected chi connectivity index (χ2v) is 6.09. The average molecular weight is 328 g/mol. The zero-order chi connectivity index (χ0) is 16.9. The molecule has 0 saturated heterocycles. The van der Waals surface area contributed by atoms with Crippen molar-refractivity contribution in [1.82, 2.24) is 15.2 Å². The van der Waals surface area contributed by atoms with Crippen LogP contribution in [-0.4, -0.2) is 46.0 Å². The number of carboxylic acids is 1. The van der Waals surface area contributed by atoms with E-state index in [1.807, 2.05) is 19.2 Å². The van der Waals surface area contributed by atoms with Crippen LogP contribution in [0, 0.1) is 0 Å². The van der Waals surface area contributed by atoms with Crippen molar-refractivity contribution in [2.45, 2.75) is 38.8 Å². The van der Waals surface area contributed by atoms with E-state index < -0.39 is 30.4 Å². The molecule has 1 heterocycles. The van der Waals surface area contributed by atoms with Crippen LogP contribution in [0.2, 0.25) is 0 Å². The lowest BCUT2D eigenvalue weighted by atomic mass is 10.2. The van der Waals surface area contributed by atoms with Gasteiger partial charge in [-0.1, -0.05) is 13.8 Å². The zero-order valence-corrected chi connectivity index (χ0v) is 13.5. The molecule has 0 aliphatic carbocycles. The third-order valence-electron chi connectivity index (χ3n) is 2.81. The Balaban J connectivity index is 2.63. The van der Waals surface area contributed by atoms with Crippen molar-refractivity contribution in [1.29, 1.82) is 0 Å². The molecule has 4 N–H and O–H groups in total. The van der Waals surface area contributed by atoms with E-state index >= 15 is 0 Å². The Kier molecular flexibility index (Phi) is 6.29. The highest BCUT2D eigenvalue weighted by Gasteiger charge is 2.24. The lowest BCUT2D eigenvalue weighted by Crippen LogP contribution is -2.48. The van der Waals surface area contributed by atoms with Gasteiger partial charge in [0.05, 0.1) is 23.7 Å². The van der Waals surface area contributed by atoms with Crippen LogP contribution in [0.3, 0.4) is 0 Å². The highest BCUT2D eigenvalue weighted by Crippen LogP contribution is 2.19. The van der Waals surface area contributed by atoms with Gasteiger partial charge < -0.3 is 21.1 Å². The molecule has 0 saturated carbocycles. The number of urea groups is 1. The first kappa shape index (κ1) is 17.9. The van der Waals surface area contributed by atoms with Crippen molar-refractivity contribution in [2.24, 2.45) is 5.73 Å². The van der Waals surface area contributed by atoms with Crippen molar-refractivity contribution in [3.8, 4) is 0 Å². The van der Waals surface area contributed by atoms with Crippen molar-refractivity contribution < 1.29 is 19.5 Å². The summed E-state index contributed by atoms with van der Waals surface area (Å²) in [6, 6.07) is -1.94. The number of rotatable bonds is 7. The molecule has 0 bridgehead atoms. The SMILES string of the molecule is CC(C)c1nc(CN(C)C(=O)N[C@@H](CC(N)=O)C(=O)O)cs1. The van der Waals surface area contributed by atoms with E-state index in [2.05, 4.69) is 10.3 Å². The minimum Gasteiger partial charge on any atom is -0.480 e. The van der Waals surface area contributed by atoms with Crippen LogP contribution in [0.15, 0.2) is 5.38 Å². The first-order valence-corrected chi connectivity index (χ1v) is 7.55. The van der Waals surface area contributed by atoms with Gasteiger partial charge in [0.25, 0.3) is 0 Å². The quantitative estimate of drug-likeness (QED) is 0.680. The molecule has 0 aromatic carbocycles. The molecule has 8 nitrogen and oxygen atoms in total. The largest absolute Gasteiger partial charge is 0.480 e. The molecule has 0 fully saturated rings. The van der Waals surface area contributed by atoms with Crippen LogP contribution in [0.5, 0.6) is 0 Å². The number of carbonyl (C=O) groups is 3. The number of nitrogens with one attached hydrogen (secondary N) is 1. The fourth-order valence-electron chi connectivity index (χ4n) is 1.64. The molecule has 9 heteroatoms. The normalized spacial score (nSPS) is 12.0. The summed E-state index contributed by atoms with van der Waals surface area (Å²) >= 11 is 1.51. The molecule has 1 aromatic rings. The van der Waals surface area contributed by atoms with E-state index in [-0.39, 0.29) is 6.54 Å². The van der Waals surface area contributed by atoms with Gasteiger partial charge >= 0.3 is 12.0 Å². The van der Waals surface area contributed by atoms with Crippen LogP contribution in [0.1, 0.15) is 36.9 Å². The van der Waals surface area contributed by atoms with Crippen LogP contribution >= 0.6 is 11.3 Å². The number of carboxylic acid groups (broad SMARTS) is 1. The van der Waals surface area contributed by atoms with Gasteiger partial charge in [0, 0.05) is 18.3 Å². The molecular weight excluding hydrogens is 308 g/mol. The lowest BCUT2D eigenvalue weighted by molar-refractivity contribution is -0.140. The highest BCUT2D eigenvalue weighted by atomic mass is 32.1. The van der Waals surface area contributed by atoms with Gasteiger partial charge in [0.2, 0.25) is 5.91 Å². The van der Waals surface area contributed by atoms with Gasteiger partial charge in [0.1, 0.15) is 6.04 Å². The number of aliphatic carboxylic acids is 1. The summed E-state index contributed by atoms with van der Waals surface area (Å²) in [7, 11) is 1.52. The smallest absolute Gasteiger partial charge is 0.326 e. The number of hydrogen-bond donors (Lipinski definition) is 3. The fraction of sp³-hybridized carbons (Fsp3) is 0.538. The number of primary amides is 1. The Labute approximate surface area is 132 Å². The Hall–Kier alpha value is -2.16. The Morgan fingerprint density at radius 2 is 2.09 bits per heavy atom. The van der Waals surface area contributed by atoms with Crippen LogP contribution < -0.4 is 11.1 Å². The number of amides is 3. The van der Waals surface area contributed by atoms with E-state index in [9.17, 15) is 14.4 Å². The molecule has 122 valence electrons. The lowest BCUT2D eigenvalue weighted by Gasteiger charge is -2.20. The molecule has 0 spiro atoms. The summed E-state index contributed by atoms with van der Waals surface area (Å²) in [4.78, 5) is 39.4. The Morgan fingerprint density at radius 3 is 2.55 bits per heavy atom. The van der Waals surface area contributed by atoms with E-state index in [1.54, 1.807) is 0 Å². The summed E-state index contributed by atoms with van der Waals surface area (Å²) in [5, 5.41) is 14.0. The van der Waals surface area contributed by atoms with E-state index in [0.29, 0.717) is 5.92 Å². The standard InChI is InChI=1S/C13H20N4O4S/c1-7(2)11-15-8(6-22-11)5-17(3)13(21)16-9(12(19)20)4-10(14)18/h6-7,9H,4-5H2,1-3H3,(H2,14,18)(H,16,21)(H,19,20)/t9-/m0/s1. The summed E-state index contributed by atoms with van der Waals surface area (Å²) in [5.74, 6) is -1.79. The van der Waals surface area contributed by atoms with Crippen molar-refractivity contribution in [3.63, 3.8) is 0 Å². The highest BCUT2D eigenvalue weighted by molar-refractivity contribution is 7.09. The Bertz CT molecular complexity index is 558. The predicted octanol–water partition coefficient (Wildman–Crippen LogP) is 0.736. The van der Waals surface area contributed by atoms with Gasteiger partial charge in [-0.3, -0.25) is 4.79 Å². The molecule has 22 heavy (non-hydrogen) atoms. The number of hydrogen-bond acceptors (Lipinski definition) is 5. The number of nitrogens with two attached hydrogens (primary N) is 1. The average Bonchev–Trinajstić information content (AvgIpc) is 2.85. The van der Waals surface area contributed by atoms with Crippen molar-refractivity contribution in [2.75, 3.05) is 7.05 Å². The minimum atomic E-state index is -1.34. The van der Waals surface area contributed by atoms with E-state index in [4.69, 9.17) is 10.8 Å². The molecule has 1 aromatic heterocycles. The van der Waals surface area contributed by atoms with Crippen molar-refractivity contribution in [3.05, 3.63) is 16.1 Å². The second-order valence-electron chi connectivity index (χ2n) is 5.20. The maximum atomic E-state index is 12.0. The molecule has 0 aliphatic rings. The fourth-order valence-corrected chi connectivity index (χ4v) is 2.46. The van der Waals surface area contributed by atoms with Crippen LogP contribution in [0.25, 0.3) is 0 Å². The van der Waals surface area contributed by atoms with E-state index in [1.165, 1.54) is 23.3 Å². The van der Waals surface area contributed by atoms with Crippen LogP contribution in [-0.2, 0) is 16.1 Å². The molecule has 3 amide bonds. The monoisotopic (exact) mass is 328 g/mol. The van der Waals surface area contributed by atoms with Gasteiger partial charge in [-0.15, -0.1) is 11.3 Å². The summed E-state index contributed by atoms with van der Waals surface area (Å²) < 4.78 is 0. The second kappa shape index (κ2) is 7.74. The number of thiazole rings is 1. The summed E-state index contributed by atoms with van der Waals surface area (Å²) in [5.41, 5.74) is 5.69. The van der Waals surface area contributed by atoms with Gasteiger partial charge in [-0.25, -0.2) is 14.6 Å². The first-order valence-electron chi connectivity index (χ1n) is 6.67. The van der Waals surface area contributed by atoms with Crippen LogP contribution in [0.4, 0.5) is 4.79 Å².